The summed E-state index contributed by atoms with van der Waals surface area (Å²) in [6.07, 6.45) is 3.70. The third-order valence-electron chi connectivity index (χ3n) is 5.45. The van der Waals surface area contributed by atoms with Gasteiger partial charge in [-0.25, -0.2) is 0 Å². The van der Waals surface area contributed by atoms with Crippen molar-refractivity contribution in [3.63, 3.8) is 0 Å². The molecule has 2 N–H and O–H groups in total. The lowest BCUT2D eigenvalue weighted by molar-refractivity contribution is 0.103. The molecule has 0 spiro atoms. The summed E-state index contributed by atoms with van der Waals surface area (Å²) in [5, 5.41) is 4.93. The van der Waals surface area contributed by atoms with Crippen LogP contribution in [0.5, 0.6) is 0 Å². The first-order chi connectivity index (χ1) is 12.2. The molecular weight excluding hydrogens is 336 g/mol. The second-order valence-electron chi connectivity index (χ2n) is 7.15. The van der Waals surface area contributed by atoms with Crippen molar-refractivity contribution in [2.45, 2.75) is 50.7 Å². The van der Waals surface area contributed by atoms with Gasteiger partial charge in [-0.15, -0.1) is 0 Å². The van der Waals surface area contributed by atoms with Crippen LogP contribution in [0.2, 0.25) is 5.02 Å². The molecule has 5 nitrogen and oxygen atoms in total. The van der Waals surface area contributed by atoms with Crippen molar-refractivity contribution in [2.75, 3.05) is 13.1 Å². The van der Waals surface area contributed by atoms with E-state index in [0.717, 1.165) is 36.1 Å². The van der Waals surface area contributed by atoms with Crippen molar-refractivity contribution in [3.8, 4) is 0 Å². The maximum absolute atomic E-state index is 6.40. The van der Waals surface area contributed by atoms with Crippen LogP contribution >= 0.6 is 11.6 Å². The van der Waals surface area contributed by atoms with Crippen molar-refractivity contribution < 1.29 is 4.52 Å². The van der Waals surface area contributed by atoms with E-state index in [1.807, 2.05) is 19.1 Å². The Balaban J connectivity index is 1.55. The summed E-state index contributed by atoms with van der Waals surface area (Å²) in [7, 11) is 0. The topological polar surface area (TPSA) is 53.3 Å². The van der Waals surface area contributed by atoms with Crippen LogP contribution in [0.4, 0.5) is 0 Å². The molecule has 0 saturated carbocycles. The molecule has 6 heteroatoms. The van der Waals surface area contributed by atoms with Gasteiger partial charge in [0.15, 0.2) is 0 Å². The first-order valence-corrected chi connectivity index (χ1v) is 9.49. The Morgan fingerprint density at radius 2 is 2.20 bits per heavy atom. The molecule has 3 unspecified atom stereocenters. The zero-order valence-corrected chi connectivity index (χ0v) is 15.3. The van der Waals surface area contributed by atoms with Gasteiger partial charge in [-0.1, -0.05) is 41.4 Å². The van der Waals surface area contributed by atoms with E-state index in [2.05, 4.69) is 39.1 Å². The highest BCUT2D eigenvalue weighted by atomic mass is 35.5. The molecule has 0 amide bonds. The van der Waals surface area contributed by atoms with Gasteiger partial charge in [-0.05, 0) is 37.9 Å². The molecule has 3 heterocycles. The Kier molecular flexibility index (Phi) is 5.08. The van der Waals surface area contributed by atoms with Gasteiger partial charge in [0.25, 0.3) is 0 Å². The summed E-state index contributed by atoms with van der Waals surface area (Å²) in [5.41, 5.74) is 8.98. The van der Waals surface area contributed by atoms with Crippen molar-refractivity contribution in [1.29, 1.82) is 0 Å². The fourth-order valence-corrected chi connectivity index (χ4v) is 4.37. The minimum atomic E-state index is 0.304. The number of nitrogens with zero attached hydrogens (tertiary/aromatic N) is 2. The van der Waals surface area contributed by atoms with Crippen molar-refractivity contribution >= 4 is 11.6 Å². The lowest BCUT2D eigenvalue weighted by atomic mass is 9.86. The highest BCUT2D eigenvalue weighted by molar-refractivity contribution is 6.31. The largest absolute Gasteiger partial charge is 0.361 e. The predicted octanol–water partition coefficient (Wildman–Crippen LogP) is 3.25. The van der Waals surface area contributed by atoms with E-state index in [1.165, 1.54) is 24.8 Å². The number of aryl methyl sites for hydroxylation is 1. The van der Waals surface area contributed by atoms with Crippen LogP contribution in [0.1, 0.15) is 42.2 Å². The number of hydrazine groups is 1. The normalized spacial score (nSPS) is 27.7. The molecule has 0 bridgehead atoms. The van der Waals surface area contributed by atoms with E-state index in [1.54, 1.807) is 0 Å². The quantitative estimate of drug-likeness (QED) is 0.876. The van der Waals surface area contributed by atoms with Crippen LogP contribution in [0.25, 0.3) is 0 Å². The molecule has 2 aliphatic heterocycles. The van der Waals surface area contributed by atoms with Gasteiger partial charge in [0.2, 0.25) is 0 Å². The zero-order valence-electron chi connectivity index (χ0n) is 14.5. The highest BCUT2D eigenvalue weighted by Crippen LogP contribution is 2.32. The van der Waals surface area contributed by atoms with E-state index in [-0.39, 0.29) is 0 Å². The number of rotatable bonds is 4. The van der Waals surface area contributed by atoms with E-state index in [4.69, 9.17) is 16.1 Å². The summed E-state index contributed by atoms with van der Waals surface area (Å²) >= 11 is 6.40. The molecular formula is C19H25ClN4O. The Morgan fingerprint density at radius 1 is 1.32 bits per heavy atom. The average Bonchev–Trinajstić information content (AvgIpc) is 3.26. The Morgan fingerprint density at radius 3 is 3.00 bits per heavy atom. The zero-order chi connectivity index (χ0) is 17.2. The fourth-order valence-electron chi connectivity index (χ4n) is 4.18. The van der Waals surface area contributed by atoms with Crippen LogP contribution < -0.4 is 10.9 Å². The molecule has 25 heavy (non-hydrogen) atoms. The Labute approximate surface area is 153 Å². The minimum Gasteiger partial charge on any atom is -0.361 e. The van der Waals surface area contributed by atoms with Gasteiger partial charge in [0.05, 0.1) is 11.6 Å². The van der Waals surface area contributed by atoms with Crippen molar-refractivity contribution in [2.24, 2.45) is 0 Å². The molecule has 1 aromatic carbocycles. The summed E-state index contributed by atoms with van der Waals surface area (Å²) < 4.78 is 5.57. The lowest BCUT2D eigenvalue weighted by Gasteiger charge is -2.40. The van der Waals surface area contributed by atoms with Crippen LogP contribution in [0, 0.1) is 6.92 Å². The van der Waals surface area contributed by atoms with Gasteiger partial charge in [-0.3, -0.25) is 15.8 Å². The maximum atomic E-state index is 6.40. The molecule has 0 radical (unpaired) electrons. The van der Waals surface area contributed by atoms with Gasteiger partial charge < -0.3 is 4.52 Å². The van der Waals surface area contributed by atoms with Gasteiger partial charge in [0, 0.05) is 36.3 Å². The smallest absolute Gasteiger partial charge is 0.143 e. The van der Waals surface area contributed by atoms with Crippen LogP contribution in [-0.2, 0) is 6.54 Å². The number of aromatic nitrogens is 1. The molecule has 2 aliphatic rings. The van der Waals surface area contributed by atoms with E-state index >= 15 is 0 Å². The third-order valence-corrected chi connectivity index (χ3v) is 5.81. The molecule has 2 fully saturated rings. The molecule has 134 valence electrons. The van der Waals surface area contributed by atoms with E-state index in [0.29, 0.717) is 18.0 Å². The van der Waals surface area contributed by atoms with Gasteiger partial charge >= 0.3 is 0 Å². The van der Waals surface area contributed by atoms with Crippen LogP contribution in [0.3, 0.4) is 0 Å². The number of hydrogen-bond acceptors (Lipinski definition) is 5. The van der Waals surface area contributed by atoms with Gasteiger partial charge in [0.1, 0.15) is 5.76 Å². The first-order valence-electron chi connectivity index (χ1n) is 9.11. The SMILES string of the molecule is Cc1cc(C2CNNC2C2CCCCN2Cc2ccccc2Cl)on1. The fraction of sp³-hybridized carbons (Fsp3) is 0.526. The standard InChI is InChI=1S/C19H25ClN4O/c1-13-10-18(25-23-13)15-11-21-22-19(15)17-8-4-5-9-24(17)12-14-6-2-3-7-16(14)20/h2-3,6-7,10,15,17,19,21-22H,4-5,8-9,11-12H2,1H3. The Hall–Kier alpha value is -1.40. The monoisotopic (exact) mass is 360 g/mol. The first kappa shape index (κ1) is 17.0. The highest BCUT2D eigenvalue weighted by Gasteiger charge is 2.40. The number of halogens is 1. The summed E-state index contributed by atoms with van der Waals surface area (Å²) in [6, 6.07) is 11.0. The molecule has 2 aromatic rings. The third kappa shape index (κ3) is 3.60. The Bertz CT molecular complexity index is 719. The van der Waals surface area contributed by atoms with Crippen LogP contribution in [-0.4, -0.2) is 35.2 Å². The number of nitrogens with one attached hydrogen (secondary N) is 2. The van der Waals surface area contributed by atoms with E-state index in [9.17, 15) is 0 Å². The second-order valence-corrected chi connectivity index (χ2v) is 7.56. The second kappa shape index (κ2) is 7.46. The molecule has 1 aromatic heterocycles. The summed E-state index contributed by atoms with van der Waals surface area (Å²) in [5.74, 6) is 1.28. The van der Waals surface area contributed by atoms with Crippen molar-refractivity contribution in [1.82, 2.24) is 20.9 Å². The maximum Gasteiger partial charge on any atom is 0.143 e. The molecule has 3 atom stereocenters. The van der Waals surface area contributed by atoms with Gasteiger partial charge in [-0.2, -0.15) is 0 Å². The molecule has 2 saturated heterocycles. The summed E-state index contributed by atoms with van der Waals surface area (Å²) in [4.78, 5) is 2.58. The van der Waals surface area contributed by atoms with Crippen molar-refractivity contribution in [3.05, 3.63) is 52.4 Å². The summed E-state index contributed by atoms with van der Waals surface area (Å²) in [6.45, 7) is 4.85. The van der Waals surface area contributed by atoms with E-state index < -0.39 is 0 Å². The van der Waals surface area contributed by atoms with Crippen LogP contribution in [0.15, 0.2) is 34.9 Å². The average molecular weight is 361 g/mol. The lowest BCUT2D eigenvalue weighted by Crippen LogP contribution is -2.52. The number of likely N-dealkylation sites (tertiary alicyclic amines) is 1. The predicted molar refractivity (Wildman–Crippen MR) is 98.4 cm³/mol. The number of benzene rings is 1. The molecule has 0 aliphatic carbocycles. The number of piperidine rings is 1. The molecule has 4 rings (SSSR count). The minimum absolute atomic E-state index is 0.304. The number of hydrogen-bond donors (Lipinski definition) is 2.